The summed E-state index contributed by atoms with van der Waals surface area (Å²) in [6, 6.07) is 10.9. The van der Waals surface area contributed by atoms with Gasteiger partial charge >= 0.3 is 0 Å². The number of allylic oxidation sites excluding steroid dienone is 2. The van der Waals surface area contributed by atoms with E-state index in [0.29, 0.717) is 0 Å². The van der Waals surface area contributed by atoms with Gasteiger partial charge in [-0.25, -0.2) is 8.42 Å². The van der Waals surface area contributed by atoms with Crippen LogP contribution < -0.4 is 0 Å². The van der Waals surface area contributed by atoms with Gasteiger partial charge in [0.2, 0.25) is 9.84 Å². The van der Waals surface area contributed by atoms with Crippen LogP contribution in [-0.4, -0.2) is 14.7 Å². The molecule has 0 N–H and O–H groups in total. The first kappa shape index (κ1) is 13.3. The van der Waals surface area contributed by atoms with Crippen LogP contribution in [0.5, 0.6) is 0 Å². The Labute approximate surface area is 104 Å². The van der Waals surface area contributed by atoms with Crippen LogP contribution in [0.1, 0.15) is 0 Å². The van der Waals surface area contributed by atoms with Crippen LogP contribution in [-0.2, 0) is 9.84 Å². The Balaban J connectivity index is 3.49. The van der Waals surface area contributed by atoms with E-state index >= 15 is 0 Å². The van der Waals surface area contributed by atoms with E-state index in [1.807, 2.05) is 0 Å². The fourth-order valence-electron chi connectivity index (χ4n) is 1.14. The molecule has 17 heavy (non-hydrogen) atoms. The molecule has 0 atom stereocenters. The van der Waals surface area contributed by atoms with Gasteiger partial charge in [-0.1, -0.05) is 18.2 Å². The minimum Gasteiger partial charge on any atom is -0.218 e. The van der Waals surface area contributed by atoms with Gasteiger partial charge in [-0.2, -0.15) is 10.5 Å². The predicted molar refractivity (Wildman–Crippen MR) is 65.4 cm³/mol. The maximum atomic E-state index is 12.1. The molecule has 1 rings (SSSR count). The van der Waals surface area contributed by atoms with Crippen molar-refractivity contribution in [3.8, 4) is 12.1 Å². The Morgan fingerprint density at radius 2 is 1.76 bits per heavy atom. The van der Waals surface area contributed by atoms with Gasteiger partial charge in [0.1, 0.15) is 17.0 Å². The molecule has 0 aromatic heterocycles. The van der Waals surface area contributed by atoms with Crippen molar-refractivity contribution < 1.29 is 8.42 Å². The molecule has 0 spiro atoms. The van der Waals surface area contributed by atoms with Gasteiger partial charge in [-0.05, 0) is 18.4 Å². The van der Waals surface area contributed by atoms with E-state index in [1.165, 1.54) is 12.1 Å². The first-order valence-corrected chi connectivity index (χ1v) is 7.17. The molecule has 0 aliphatic carbocycles. The van der Waals surface area contributed by atoms with Gasteiger partial charge in [-0.3, -0.25) is 0 Å². The lowest BCUT2D eigenvalue weighted by atomic mass is 10.4. The maximum Gasteiger partial charge on any atom is 0.218 e. The zero-order valence-corrected chi connectivity index (χ0v) is 10.5. The lowest BCUT2D eigenvalue weighted by molar-refractivity contribution is 0.603. The fraction of sp³-hybridized carbons (Fsp3) is 0.0909. The van der Waals surface area contributed by atoms with Gasteiger partial charge in [0.25, 0.3) is 0 Å². The van der Waals surface area contributed by atoms with Crippen molar-refractivity contribution in [3.05, 3.63) is 40.1 Å². The van der Waals surface area contributed by atoms with E-state index in [0.717, 1.165) is 11.8 Å². The summed E-state index contributed by atoms with van der Waals surface area (Å²) >= 11 is 0.941. The average Bonchev–Trinajstić information content (AvgIpc) is 2.36. The number of sulfone groups is 1. The first-order chi connectivity index (χ1) is 8.07. The van der Waals surface area contributed by atoms with Crippen molar-refractivity contribution in [2.24, 2.45) is 0 Å². The number of thioether (sulfide) groups is 1. The highest BCUT2D eigenvalue weighted by molar-refractivity contribution is 8.04. The van der Waals surface area contributed by atoms with E-state index < -0.39 is 14.7 Å². The molecule has 0 unspecified atom stereocenters. The summed E-state index contributed by atoms with van der Waals surface area (Å²) < 4.78 is 24.2. The first-order valence-electron chi connectivity index (χ1n) is 4.46. The molecule has 0 amide bonds. The molecule has 6 heteroatoms. The van der Waals surface area contributed by atoms with Crippen molar-refractivity contribution in [2.75, 3.05) is 6.26 Å². The Hall–Kier alpha value is -1.76. The minimum absolute atomic E-state index is 0.0124. The average molecular weight is 264 g/mol. The van der Waals surface area contributed by atoms with Crippen molar-refractivity contribution >= 4 is 21.6 Å². The molecule has 0 saturated carbocycles. The molecule has 0 aliphatic heterocycles. The summed E-state index contributed by atoms with van der Waals surface area (Å²) in [6.07, 6.45) is 1.55. The second kappa shape index (κ2) is 5.53. The normalized spacial score (nSPS) is 12.2. The number of nitriles is 2. The Kier molecular flexibility index (Phi) is 4.33. The summed E-state index contributed by atoms with van der Waals surface area (Å²) in [5, 5.41) is 17.7. The molecular formula is C11H8N2O2S2. The van der Waals surface area contributed by atoms with E-state index in [-0.39, 0.29) is 9.80 Å². The van der Waals surface area contributed by atoms with Gasteiger partial charge < -0.3 is 0 Å². The molecule has 0 radical (unpaired) electrons. The monoisotopic (exact) mass is 264 g/mol. The summed E-state index contributed by atoms with van der Waals surface area (Å²) in [6.45, 7) is 0. The van der Waals surface area contributed by atoms with Crippen molar-refractivity contribution in [1.82, 2.24) is 0 Å². The molecule has 1 aromatic carbocycles. The van der Waals surface area contributed by atoms with Crippen molar-refractivity contribution in [2.45, 2.75) is 4.90 Å². The van der Waals surface area contributed by atoms with Crippen LogP contribution in [0.15, 0.2) is 45.0 Å². The van der Waals surface area contributed by atoms with Crippen LogP contribution in [0.4, 0.5) is 0 Å². The van der Waals surface area contributed by atoms with Gasteiger partial charge in [0.15, 0.2) is 4.91 Å². The van der Waals surface area contributed by atoms with Crippen molar-refractivity contribution in [1.29, 1.82) is 10.5 Å². The molecular weight excluding hydrogens is 256 g/mol. The lowest BCUT2D eigenvalue weighted by Gasteiger charge is -2.03. The minimum atomic E-state index is -3.90. The molecule has 4 nitrogen and oxygen atoms in total. The van der Waals surface area contributed by atoms with Gasteiger partial charge in [0.05, 0.1) is 4.90 Å². The third-order valence-electron chi connectivity index (χ3n) is 1.94. The van der Waals surface area contributed by atoms with Crippen LogP contribution in [0, 0.1) is 22.7 Å². The topological polar surface area (TPSA) is 81.7 Å². The van der Waals surface area contributed by atoms with E-state index in [4.69, 9.17) is 10.5 Å². The Bertz CT molecular complexity index is 620. The summed E-state index contributed by atoms with van der Waals surface area (Å²) in [5.41, 5.74) is 0. The third kappa shape index (κ3) is 2.68. The second-order valence-corrected chi connectivity index (χ2v) is 5.61. The largest absolute Gasteiger partial charge is 0.218 e. The third-order valence-corrected chi connectivity index (χ3v) is 4.49. The van der Waals surface area contributed by atoms with Crippen LogP contribution in [0.25, 0.3) is 0 Å². The molecule has 86 valence electrons. The van der Waals surface area contributed by atoms with E-state index in [1.54, 1.807) is 36.6 Å². The number of nitrogens with zero attached hydrogens (tertiary/aromatic N) is 2. The molecule has 1 aromatic rings. The standard InChI is InChI=1S/C11H8N2O2S2/c1-16-10(7-12)11(8-13)17(14,15)9-5-3-2-4-6-9/h2-6H,1H3. The highest BCUT2D eigenvalue weighted by Crippen LogP contribution is 2.25. The smallest absolute Gasteiger partial charge is 0.218 e. The molecule has 0 aliphatic rings. The van der Waals surface area contributed by atoms with E-state index in [2.05, 4.69) is 0 Å². The Morgan fingerprint density at radius 1 is 1.18 bits per heavy atom. The quantitative estimate of drug-likeness (QED) is 0.781. The number of hydrogen-bond donors (Lipinski definition) is 0. The van der Waals surface area contributed by atoms with Gasteiger partial charge in [-0.15, -0.1) is 11.8 Å². The zero-order chi connectivity index (χ0) is 12.9. The number of rotatable bonds is 3. The Morgan fingerprint density at radius 3 is 2.18 bits per heavy atom. The van der Waals surface area contributed by atoms with Gasteiger partial charge in [0, 0.05) is 0 Å². The SMILES string of the molecule is CSC(C#N)=C(C#N)S(=O)(=O)c1ccccc1. The van der Waals surface area contributed by atoms with Crippen LogP contribution in [0.2, 0.25) is 0 Å². The van der Waals surface area contributed by atoms with Crippen LogP contribution >= 0.6 is 11.8 Å². The maximum absolute atomic E-state index is 12.1. The highest BCUT2D eigenvalue weighted by Gasteiger charge is 2.24. The summed E-state index contributed by atoms with van der Waals surface area (Å²) in [5.74, 6) is 0. The molecule has 0 heterocycles. The summed E-state index contributed by atoms with van der Waals surface area (Å²) in [4.78, 5) is -0.589. The zero-order valence-electron chi connectivity index (χ0n) is 8.91. The van der Waals surface area contributed by atoms with Crippen molar-refractivity contribution in [3.63, 3.8) is 0 Å². The van der Waals surface area contributed by atoms with E-state index in [9.17, 15) is 8.42 Å². The number of hydrogen-bond acceptors (Lipinski definition) is 5. The highest BCUT2D eigenvalue weighted by atomic mass is 32.2. The number of benzene rings is 1. The lowest BCUT2D eigenvalue weighted by Crippen LogP contribution is -2.05. The molecule has 0 saturated heterocycles. The molecule has 0 fully saturated rings. The predicted octanol–water partition coefficient (Wildman–Crippen LogP) is 2.08. The second-order valence-electron chi connectivity index (χ2n) is 2.90. The van der Waals surface area contributed by atoms with Crippen LogP contribution in [0.3, 0.4) is 0 Å². The summed E-state index contributed by atoms with van der Waals surface area (Å²) in [7, 11) is -3.90. The fourth-order valence-corrected chi connectivity index (χ4v) is 3.20. The molecule has 0 bridgehead atoms.